The van der Waals surface area contributed by atoms with Gasteiger partial charge in [0.25, 0.3) is 5.69 Å². The SMILES string of the molecule is Nc1cc(Oc2ccc(Br)c(F)c2)ccc1[N+](=O)[O-]. The Balaban J connectivity index is 2.26. The maximum absolute atomic E-state index is 13.3. The third kappa shape index (κ3) is 3.00. The zero-order valence-corrected chi connectivity index (χ0v) is 11.1. The number of anilines is 1. The Morgan fingerprint density at radius 3 is 2.42 bits per heavy atom. The molecule has 2 N–H and O–H groups in total. The van der Waals surface area contributed by atoms with E-state index in [1.54, 1.807) is 6.07 Å². The molecule has 2 rings (SSSR count). The van der Waals surface area contributed by atoms with E-state index in [0.717, 1.165) is 0 Å². The lowest BCUT2D eigenvalue weighted by Gasteiger charge is -2.07. The van der Waals surface area contributed by atoms with Gasteiger partial charge in [-0.25, -0.2) is 4.39 Å². The molecule has 7 heteroatoms. The lowest BCUT2D eigenvalue weighted by molar-refractivity contribution is -0.383. The average molecular weight is 327 g/mol. The van der Waals surface area contributed by atoms with Crippen LogP contribution in [0.2, 0.25) is 0 Å². The minimum absolute atomic E-state index is 0.0138. The summed E-state index contributed by atoms with van der Waals surface area (Å²) in [5.41, 5.74) is 5.31. The number of nitro benzene ring substituents is 1. The highest BCUT2D eigenvalue weighted by atomic mass is 79.9. The first-order valence-electron chi connectivity index (χ1n) is 5.14. The van der Waals surface area contributed by atoms with Crippen molar-refractivity contribution >= 4 is 27.3 Å². The van der Waals surface area contributed by atoms with Crippen LogP contribution >= 0.6 is 15.9 Å². The Kier molecular flexibility index (Phi) is 3.66. The minimum Gasteiger partial charge on any atom is -0.457 e. The Bertz CT molecular complexity index is 649. The summed E-state index contributed by atoms with van der Waals surface area (Å²) in [5.74, 6) is 0.103. The molecule has 2 aromatic rings. The summed E-state index contributed by atoms with van der Waals surface area (Å²) in [6, 6.07) is 8.21. The number of ether oxygens (including phenoxy) is 1. The van der Waals surface area contributed by atoms with Crippen LogP contribution in [0.15, 0.2) is 40.9 Å². The van der Waals surface area contributed by atoms with Gasteiger partial charge in [0.15, 0.2) is 0 Å². The van der Waals surface area contributed by atoms with Gasteiger partial charge >= 0.3 is 0 Å². The van der Waals surface area contributed by atoms with E-state index < -0.39 is 10.7 Å². The lowest BCUT2D eigenvalue weighted by atomic mass is 10.2. The first-order valence-corrected chi connectivity index (χ1v) is 5.93. The van der Waals surface area contributed by atoms with Crippen LogP contribution in [0.4, 0.5) is 15.8 Å². The Morgan fingerprint density at radius 2 is 1.84 bits per heavy atom. The monoisotopic (exact) mass is 326 g/mol. The van der Waals surface area contributed by atoms with Crippen LogP contribution in [0.3, 0.4) is 0 Å². The Morgan fingerprint density at radius 1 is 1.21 bits per heavy atom. The van der Waals surface area contributed by atoms with E-state index in [1.807, 2.05) is 0 Å². The second-order valence-electron chi connectivity index (χ2n) is 3.66. The maximum atomic E-state index is 13.3. The van der Waals surface area contributed by atoms with Crippen molar-refractivity contribution in [2.45, 2.75) is 0 Å². The number of nitrogens with zero attached hydrogens (tertiary/aromatic N) is 1. The van der Waals surface area contributed by atoms with Crippen molar-refractivity contribution in [3.63, 3.8) is 0 Å². The smallest absolute Gasteiger partial charge is 0.292 e. The number of halogens is 2. The van der Waals surface area contributed by atoms with Crippen LogP contribution in [0, 0.1) is 15.9 Å². The van der Waals surface area contributed by atoms with Gasteiger partial charge in [-0.3, -0.25) is 10.1 Å². The number of hydrogen-bond acceptors (Lipinski definition) is 4. The molecule has 0 heterocycles. The first-order chi connectivity index (χ1) is 8.97. The molecule has 0 unspecified atom stereocenters. The zero-order valence-electron chi connectivity index (χ0n) is 9.47. The summed E-state index contributed by atoms with van der Waals surface area (Å²) in [5, 5.41) is 10.6. The number of nitrogen functional groups attached to an aromatic ring is 1. The van der Waals surface area contributed by atoms with Gasteiger partial charge < -0.3 is 10.5 Å². The van der Waals surface area contributed by atoms with E-state index in [2.05, 4.69) is 15.9 Å². The molecule has 2 aromatic carbocycles. The fraction of sp³-hybridized carbons (Fsp3) is 0. The molecule has 0 saturated heterocycles. The molecule has 0 atom stereocenters. The van der Waals surface area contributed by atoms with E-state index >= 15 is 0 Å². The number of rotatable bonds is 3. The highest BCUT2D eigenvalue weighted by molar-refractivity contribution is 9.10. The Hall–Kier alpha value is -2.15. The quantitative estimate of drug-likeness (QED) is 0.527. The van der Waals surface area contributed by atoms with E-state index in [0.29, 0.717) is 10.2 Å². The van der Waals surface area contributed by atoms with Gasteiger partial charge in [0.05, 0.1) is 9.40 Å². The van der Waals surface area contributed by atoms with Crippen molar-refractivity contribution in [1.82, 2.24) is 0 Å². The Labute approximate surface area is 116 Å². The highest BCUT2D eigenvalue weighted by Crippen LogP contribution is 2.30. The van der Waals surface area contributed by atoms with Gasteiger partial charge in [-0.1, -0.05) is 0 Å². The topological polar surface area (TPSA) is 78.4 Å². The van der Waals surface area contributed by atoms with E-state index in [9.17, 15) is 14.5 Å². The molecule has 0 fully saturated rings. The molecular weight excluding hydrogens is 319 g/mol. The molecule has 0 bridgehead atoms. The van der Waals surface area contributed by atoms with Gasteiger partial charge in [0.2, 0.25) is 0 Å². The zero-order chi connectivity index (χ0) is 14.0. The predicted octanol–water partition coefficient (Wildman–Crippen LogP) is 3.87. The molecule has 0 aliphatic rings. The molecule has 0 spiro atoms. The fourth-order valence-corrected chi connectivity index (χ4v) is 1.69. The molecule has 0 saturated carbocycles. The van der Waals surface area contributed by atoms with Crippen LogP contribution in [-0.4, -0.2) is 4.92 Å². The van der Waals surface area contributed by atoms with Gasteiger partial charge in [-0.15, -0.1) is 0 Å². The summed E-state index contributed by atoms with van der Waals surface area (Å²) in [6.45, 7) is 0. The third-order valence-corrected chi connectivity index (χ3v) is 2.97. The van der Waals surface area contributed by atoms with Gasteiger partial charge in [0, 0.05) is 18.2 Å². The van der Waals surface area contributed by atoms with Crippen molar-refractivity contribution < 1.29 is 14.1 Å². The van der Waals surface area contributed by atoms with Gasteiger partial charge in [-0.2, -0.15) is 0 Å². The van der Waals surface area contributed by atoms with Crippen molar-refractivity contribution in [2.75, 3.05) is 5.73 Å². The molecule has 0 aromatic heterocycles. The molecule has 98 valence electrons. The lowest BCUT2D eigenvalue weighted by Crippen LogP contribution is -1.96. The normalized spacial score (nSPS) is 10.2. The molecule has 0 radical (unpaired) electrons. The number of nitro groups is 1. The second-order valence-corrected chi connectivity index (χ2v) is 4.51. The second kappa shape index (κ2) is 5.23. The molecule has 19 heavy (non-hydrogen) atoms. The van der Waals surface area contributed by atoms with E-state index in [-0.39, 0.29) is 17.1 Å². The fourth-order valence-electron chi connectivity index (χ4n) is 1.44. The van der Waals surface area contributed by atoms with E-state index in [1.165, 1.54) is 30.3 Å². The number of benzene rings is 2. The molecule has 0 aliphatic heterocycles. The molecule has 0 aliphatic carbocycles. The van der Waals surface area contributed by atoms with Crippen molar-refractivity contribution in [1.29, 1.82) is 0 Å². The van der Waals surface area contributed by atoms with Crippen LogP contribution in [0.1, 0.15) is 0 Å². The van der Waals surface area contributed by atoms with Crippen molar-refractivity contribution in [2.24, 2.45) is 0 Å². The summed E-state index contributed by atoms with van der Waals surface area (Å²) >= 11 is 3.03. The summed E-state index contributed by atoms with van der Waals surface area (Å²) in [6.07, 6.45) is 0. The molecular formula is C12H8BrFN2O3. The minimum atomic E-state index is -0.585. The van der Waals surface area contributed by atoms with Crippen LogP contribution < -0.4 is 10.5 Å². The predicted molar refractivity (Wildman–Crippen MR) is 71.7 cm³/mol. The molecule has 5 nitrogen and oxygen atoms in total. The van der Waals surface area contributed by atoms with Crippen LogP contribution in [0.25, 0.3) is 0 Å². The number of nitrogens with two attached hydrogens (primary N) is 1. The summed E-state index contributed by atoms with van der Waals surface area (Å²) < 4.78 is 19.0. The van der Waals surface area contributed by atoms with Crippen LogP contribution in [0.5, 0.6) is 11.5 Å². The number of hydrogen-bond donors (Lipinski definition) is 1. The summed E-state index contributed by atoms with van der Waals surface area (Å²) in [7, 11) is 0. The van der Waals surface area contributed by atoms with Crippen molar-refractivity contribution in [3.05, 3.63) is 56.8 Å². The van der Waals surface area contributed by atoms with Crippen LogP contribution in [-0.2, 0) is 0 Å². The standard InChI is InChI=1S/C12H8BrFN2O3/c13-9-3-1-7(5-10(9)14)19-8-2-4-12(16(17)18)11(15)6-8/h1-6H,15H2. The first kappa shape index (κ1) is 13.3. The van der Waals surface area contributed by atoms with Gasteiger partial charge in [-0.05, 0) is 34.1 Å². The molecule has 0 amide bonds. The highest BCUT2D eigenvalue weighted by Gasteiger charge is 2.12. The van der Waals surface area contributed by atoms with Crippen molar-refractivity contribution in [3.8, 4) is 11.5 Å². The maximum Gasteiger partial charge on any atom is 0.292 e. The van der Waals surface area contributed by atoms with E-state index in [4.69, 9.17) is 10.5 Å². The van der Waals surface area contributed by atoms with Gasteiger partial charge in [0.1, 0.15) is 23.0 Å². The summed E-state index contributed by atoms with van der Waals surface area (Å²) in [4.78, 5) is 10.0. The third-order valence-electron chi connectivity index (χ3n) is 2.32. The largest absolute Gasteiger partial charge is 0.457 e. The average Bonchev–Trinajstić information content (AvgIpc) is 2.33.